The second-order valence-electron chi connectivity index (χ2n) is 5.86. The number of aromatic nitrogens is 2. The fourth-order valence-electron chi connectivity index (χ4n) is 3.47. The predicted molar refractivity (Wildman–Crippen MR) is 85.9 cm³/mol. The molecule has 0 amide bonds. The molecule has 0 radical (unpaired) electrons. The van der Waals surface area contributed by atoms with Gasteiger partial charge in [0.1, 0.15) is 5.69 Å². The van der Waals surface area contributed by atoms with Crippen molar-refractivity contribution in [3.05, 3.63) is 46.4 Å². The molecule has 1 heterocycles. The van der Waals surface area contributed by atoms with Crippen molar-refractivity contribution >= 4 is 5.69 Å². The van der Waals surface area contributed by atoms with Gasteiger partial charge in [0.05, 0.1) is 11.4 Å². The van der Waals surface area contributed by atoms with Gasteiger partial charge in [0.2, 0.25) is 0 Å². The highest BCUT2D eigenvalue weighted by atomic mass is 16.1. The van der Waals surface area contributed by atoms with Crippen LogP contribution in [0.4, 0.5) is 5.69 Å². The normalized spacial score (nSPS) is 15.7. The minimum atomic E-state index is -0.0726. The van der Waals surface area contributed by atoms with Crippen LogP contribution in [0.2, 0.25) is 0 Å². The first-order chi connectivity index (χ1) is 10.2. The van der Waals surface area contributed by atoms with Crippen LogP contribution in [-0.4, -0.2) is 9.36 Å². The second-order valence-corrected chi connectivity index (χ2v) is 5.86. The van der Waals surface area contributed by atoms with Crippen LogP contribution < -0.4 is 11.3 Å². The predicted octanol–water partition coefficient (Wildman–Crippen LogP) is 3.29. The largest absolute Gasteiger partial charge is 0.393 e. The lowest BCUT2D eigenvalue weighted by atomic mass is 10.0. The Hall–Kier alpha value is -1.97. The third kappa shape index (κ3) is 2.39. The monoisotopic (exact) mass is 285 g/mol. The molecule has 1 aromatic carbocycles. The minimum Gasteiger partial charge on any atom is -0.393 e. The molecule has 1 saturated carbocycles. The lowest BCUT2D eigenvalue weighted by molar-refractivity contribution is 0.491. The molecule has 0 aliphatic heterocycles. The Morgan fingerprint density at radius 2 is 1.86 bits per heavy atom. The Kier molecular flexibility index (Phi) is 3.86. The molecule has 1 aliphatic rings. The van der Waals surface area contributed by atoms with Crippen LogP contribution in [0, 0.1) is 0 Å². The summed E-state index contributed by atoms with van der Waals surface area (Å²) in [5.41, 5.74) is 8.52. The molecule has 21 heavy (non-hydrogen) atoms. The quantitative estimate of drug-likeness (QED) is 0.937. The average Bonchev–Trinajstić information content (AvgIpc) is 3.09. The Balaban J connectivity index is 2.19. The maximum atomic E-state index is 12.7. The van der Waals surface area contributed by atoms with Crippen molar-refractivity contribution in [3.63, 3.8) is 0 Å². The number of rotatable bonds is 4. The van der Waals surface area contributed by atoms with E-state index in [2.05, 4.69) is 11.6 Å². The van der Waals surface area contributed by atoms with Crippen molar-refractivity contribution in [1.82, 2.24) is 9.36 Å². The van der Waals surface area contributed by atoms with Crippen LogP contribution in [0.25, 0.3) is 5.69 Å². The third-order valence-corrected chi connectivity index (χ3v) is 4.40. The smallest absolute Gasteiger partial charge is 0.294 e. The van der Waals surface area contributed by atoms with Gasteiger partial charge in [-0.3, -0.25) is 9.48 Å². The van der Waals surface area contributed by atoms with E-state index in [9.17, 15) is 4.79 Å². The highest BCUT2D eigenvalue weighted by Crippen LogP contribution is 2.36. The van der Waals surface area contributed by atoms with E-state index in [4.69, 9.17) is 5.73 Å². The SMILES string of the molecule is CCCn1c(C2CCCC2)c(N)c(=O)n1-c1ccccc1. The summed E-state index contributed by atoms with van der Waals surface area (Å²) >= 11 is 0. The Morgan fingerprint density at radius 3 is 2.48 bits per heavy atom. The molecule has 112 valence electrons. The molecule has 3 rings (SSSR count). The van der Waals surface area contributed by atoms with Crippen LogP contribution in [-0.2, 0) is 6.54 Å². The van der Waals surface area contributed by atoms with Crippen molar-refractivity contribution in [3.8, 4) is 5.69 Å². The van der Waals surface area contributed by atoms with Crippen molar-refractivity contribution in [2.24, 2.45) is 0 Å². The van der Waals surface area contributed by atoms with E-state index >= 15 is 0 Å². The summed E-state index contributed by atoms with van der Waals surface area (Å²) in [5, 5.41) is 0. The zero-order valence-corrected chi connectivity index (χ0v) is 12.6. The number of nitrogens with zero attached hydrogens (tertiary/aromatic N) is 2. The zero-order chi connectivity index (χ0) is 14.8. The van der Waals surface area contributed by atoms with Crippen LogP contribution >= 0.6 is 0 Å². The van der Waals surface area contributed by atoms with Crippen LogP contribution in [0.5, 0.6) is 0 Å². The molecule has 0 saturated heterocycles. The van der Waals surface area contributed by atoms with Gasteiger partial charge in [-0.2, -0.15) is 0 Å². The van der Waals surface area contributed by atoms with Gasteiger partial charge >= 0.3 is 0 Å². The summed E-state index contributed by atoms with van der Waals surface area (Å²) < 4.78 is 3.87. The summed E-state index contributed by atoms with van der Waals surface area (Å²) in [6, 6.07) is 9.80. The number of benzene rings is 1. The van der Waals surface area contributed by atoms with Gasteiger partial charge in [0.15, 0.2) is 0 Å². The van der Waals surface area contributed by atoms with Crippen molar-refractivity contribution in [2.75, 3.05) is 5.73 Å². The van der Waals surface area contributed by atoms with Gasteiger partial charge in [-0.25, -0.2) is 4.68 Å². The van der Waals surface area contributed by atoms with E-state index in [-0.39, 0.29) is 5.56 Å². The number of nitrogens with two attached hydrogens (primary N) is 1. The standard InChI is InChI=1S/C17H23N3O/c1-2-12-19-16(13-8-6-7-9-13)15(18)17(21)20(19)14-10-4-3-5-11-14/h3-5,10-11,13H,2,6-9,12,18H2,1H3. The van der Waals surface area contributed by atoms with Gasteiger partial charge in [-0.05, 0) is 31.4 Å². The van der Waals surface area contributed by atoms with E-state index in [1.165, 1.54) is 12.8 Å². The van der Waals surface area contributed by atoms with Crippen LogP contribution in [0.15, 0.2) is 35.1 Å². The Bertz CT molecular complexity index is 663. The Labute approximate surface area is 125 Å². The molecule has 0 atom stereocenters. The molecule has 4 heteroatoms. The first kappa shape index (κ1) is 14.0. The number of anilines is 1. The number of hydrogen-bond donors (Lipinski definition) is 1. The first-order valence-electron chi connectivity index (χ1n) is 7.90. The number of para-hydroxylation sites is 1. The topological polar surface area (TPSA) is 52.9 Å². The zero-order valence-electron chi connectivity index (χ0n) is 12.6. The molecular formula is C17H23N3O. The van der Waals surface area contributed by atoms with Crippen LogP contribution in [0.1, 0.15) is 50.6 Å². The van der Waals surface area contributed by atoms with E-state index in [0.29, 0.717) is 11.6 Å². The second kappa shape index (κ2) is 5.80. The third-order valence-electron chi connectivity index (χ3n) is 4.40. The maximum absolute atomic E-state index is 12.7. The van der Waals surface area contributed by atoms with Crippen molar-refractivity contribution < 1.29 is 0 Å². The molecule has 0 unspecified atom stereocenters. The molecule has 0 spiro atoms. The fraction of sp³-hybridized carbons (Fsp3) is 0.471. The van der Waals surface area contributed by atoms with E-state index < -0.39 is 0 Å². The molecule has 1 fully saturated rings. The van der Waals surface area contributed by atoms with Crippen LogP contribution in [0.3, 0.4) is 0 Å². The summed E-state index contributed by atoms with van der Waals surface area (Å²) in [7, 11) is 0. The molecule has 4 nitrogen and oxygen atoms in total. The summed E-state index contributed by atoms with van der Waals surface area (Å²) in [6.45, 7) is 2.96. The van der Waals surface area contributed by atoms with Gasteiger partial charge < -0.3 is 5.73 Å². The van der Waals surface area contributed by atoms with Crippen molar-refractivity contribution in [1.29, 1.82) is 0 Å². The average molecular weight is 285 g/mol. The number of hydrogen-bond acceptors (Lipinski definition) is 2. The number of nitrogen functional groups attached to an aromatic ring is 1. The Morgan fingerprint density at radius 1 is 1.19 bits per heavy atom. The summed E-state index contributed by atoms with van der Waals surface area (Å²) in [5.74, 6) is 0.439. The fourth-order valence-corrected chi connectivity index (χ4v) is 3.47. The highest BCUT2D eigenvalue weighted by molar-refractivity contribution is 5.47. The van der Waals surface area contributed by atoms with E-state index in [1.807, 2.05) is 30.3 Å². The minimum absolute atomic E-state index is 0.0726. The molecular weight excluding hydrogens is 262 g/mol. The first-order valence-corrected chi connectivity index (χ1v) is 7.90. The van der Waals surface area contributed by atoms with Gasteiger partial charge in [-0.15, -0.1) is 0 Å². The van der Waals surface area contributed by atoms with Crippen molar-refractivity contribution in [2.45, 2.75) is 51.5 Å². The van der Waals surface area contributed by atoms with Gasteiger partial charge in [0.25, 0.3) is 5.56 Å². The molecule has 1 aliphatic carbocycles. The summed E-state index contributed by atoms with van der Waals surface area (Å²) in [4.78, 5) is 12.7. The molecule has 2 N–H and O–H groups in total. The van der Waals surface area contributed by atoms with Gasteiger partial charge in [-0.1, -0.05) is 38.0 Å². The molecule has 1 aromatic heterocycles. The summed E-state index contributed by atoms with van der Waals surface area (Å²) in [6.07, 6.45) is 5.75. The molecule has 0 bridgehead atoms. The molecule has 2 aromatic rings. The lowest BCUT2D eigenvalue weighted by Crippen LogP contribution is -2.22. The van der Waals surface area contributed by atoms with E-state index in [1.54, 1.807) is 4.68 Å². The lowest BCUT2D eigenvalue weighted by Gasteiger charge is -2.17. The van der Waals surface area contributed by atoms with E-state index in [0.717, 1.165) is 37.2 Å². The van der Waals surface area contributed by atoms with Gasteiger partial charge in [0, 0.05) is 12.5 Å². The highest BCUT2D eigenvalue weighted by Gasteiger charge is 2.27. The maximum Gasteiger partial charge on any atom is 0.294 e.